The molecule has 0 aliphatic rings. The first kappa shape index (κ1) is 19.3. The van der Waals surface area contributed by atoms with E-state index in [4.69, 9.17) is 0 Å². The van der Waals surface area contributed by atoms with E-state index in [0.717, 1.165) is 12.1 Å². The summed E-state index contributed by atoms with van der Waals surface area (Å²) in [7, 11) is 0. The molecule has 0 aliphatic heterocycles. The number of halogens is 3. The first-order chi connectivity index (χ1) is 13.3. The van der Waals surface area contributed by atoms with Gasteiger partial charge in [0.1, 0.15) is 12.1 Å². The second kappa shape index (κ2) is 7.67. The van der Waals surface area contributed by atoms with E-state index in [2.05, 4.69) is 10.3 Å². The van der Waals surface area contributed by atoms with E-state index in [1.165, 1.54) is 29.1 Å². The van der Waals surface area contributed by atoms with Crippen LogP contribution in [0.3, 0.4) is 0 Å². The highest BCUT2D eigenvalue weighted by molar-refractivity contribution is 5.86. The minimum atomic E-state index is -4.42. The van der Waals surface area contributed by atoms with Gasteiger partial charge in [-0.25, -0.2) is 4.98 Å². The van der Waals surface area contributed by atoms with Crippen LogP contribution >= 0.6 is 0 Å². The molecule has 1 heterocycles. The SMILES string of the molecule is O=C(Cn1cnc2cccc([N+](=O)[O-])c21)NCCc1cccc(C(F)(F)F)c1. The molecule has 2 aromatic carbocycles. The highest BCUT2D eigenvalue weighted by Gasteiger charge is 2.30. The average Bonchev–Trinajstić information content (AvgIpc) is 3.04. The molecule has 0 saturated carbocycles. The quantitative estimate of drug-likeness (QED) is 0.515. The van der Waals surface area contributed by atoms with Gasteiger partial charge in [0.25, 0.3) is 5.69 Å². The Hall–Kier alpha value is -3.43. The fourth-order valence-corrected chi connectivity index (χ4v) is 2.83. The zero-order valence-corrected chi connectivity index (χ0v) is 14.4. The van der Waals surface area contributed by atoms with Crippen LogP contribution in [0.4, 0.5) is 18.9 Å². The van der Waals surface area contributed by atoms with Crippen molar-refractivity contribution in [3.63, 3.8) is 0 Å². The molecule has 0 radical (unpaired) electrons. The van der Waals surface area contributed by atoms with Gasteiger partial charge in [-0.1, -0.05) is 24.3 Å². The number of hydrogen-bond acceptors (Lipinski definition) is 4. The van der Waals surface area contributed by atoms with Crippen LogP contribution in [0.5, 0.6) is 0 Å². The number of nitrogens with one attached hydrogen (secondary N) is 1. The lowest BCUT2D eigenvalue weighted by Crippen LogP contribution is -2.29. The highest BCUT2D eigenvalue weighted by Crippen LogP contribution is 2.29. The largest absolute Gasteiger partial charge is 0.416 e. The van der Waals surface area contributed by atoms with E-state index in [1.54, 1.807) is 12.1 Å². The van der Waals surface area contributed by atoms with Crippen LogP contribution in [-0.4, -0.2) is 26.9 Å². The fraction of sp³-hybridized carbons (Fsp3) is 0.222. The lowest BCUT2D eigenvalue weighted by atomic mass is 10.1. The molecule has 0 saturated heterocycles. The Kier molecular flexibility index (Phi) is 5.30. The van der Waals surface area contributed by atoms with Gasteiger partial charge in [-0.3, -0.25) is 14.9 Å². The topological polar surface area (TPSA) is 90.1 Å². The number of fused-ring (bicyclic) bond motifs is 1. The van der Waals surface area contributed by atoms with E-state index in [1.807, 2.05) is 0 Å². The standard InChI is InChI=1S/C18H15F3N4O3/c19-18(20,21)13-4-1-3-12(9-13)7-8-22-16(26)10-24-11-23-14-5-2-6-15(17(14)24)25(27)28/h1-6,9,11H,7-8,10H2,(H,22,26). The zero-order chi connectivity index (χ0) is 20.3. The first-order valence-electron chi connectivity index (χ1n) is 8.27. The van der Waals surface area contributed by atoms with E-state index in [9.17, 15) is 28.1 Å². The fourth-order valence-electron chi connectivity index (χ4n) is 2.83. The van der Waals surface area contributed by atoms with Crippen molar-refractivity contribution in [1.29, 1.82) is 0 Å². The lowest BCUT2D eigenvalue weighted by Gasteiger charge is -2.10. The van der Waals surface area contributed by atoms with Crippen LogP contribution < -0.4 is 5.32 Å². The van der Waals surface area contributed by atoms with E-state index in [-0.39, 0.29) is 30.7 Å². The molecule has 0 unspecified atom stereocenters. The predicted octanol–water partition coefficient (Wildman–Crippen LogP) is 3.32. The Morgan fingerprint density at radius 1 is 1.21 bits per heavy atom. The summed E-state index contributed by atoms with van der Waals surface area (Å²) in [5.74, 6) is -0.426. The Balaban J connectivity index is 1.63. The number of rotatable bonds is 6. The van der Waals surface area contributed by atoms with Crippen molar-refractivity contribution in [2.75, 3.05) is 6.54 Å². The third-order valence-corrected chi connectivity index (χ3v) is 4.12. The maximum absolute atomic E-state index is 12.7. The number of nitro groups is 1. The summed E-state index contributed by atoms with van der Waals surface area (Å²) in [5, 5.41) is 13.8. The van der Waals surface area contributed by atoms with Gasteiger partial charge in [0, 0.05) is 12.6 Å². The maximum atomic E-state index is 12.7. The number of carbonyl (C=O) groups is 1. The molecule has 7 nitrogen and oxygen atoms in total. The predicted molar refractivity (Wildman–Crippen MR) is 94.5 cm³/mol. The molecule has 1 aromatic heterocycles. The van der Waals surface area contributed by atoms with E-state index >= 15 is 0 Å². The Morgan fingerprint density at radius 3 is 2.68 bits per heavy atom. The van der Waals surface area contributed by atoms with Crippen molar-refractivity contribution in [2.24, 2.45) is 0 Å². The molecule has 0 spiro atoms. The monoisotopic (exact) mass is 392 g/mol. The summed E-state index contributed by atoms with van der Waals surface area (Å²) in [5.41, 5.74) is 0.172. The summed E-state index contributed by atoms with van der Waals surface area (Å²) >= 11 is 0. The molecule has 0 atom stereocenters. The van der Waals surface area contributed by atoms with Crippen LogP contribution in [-0.2, 0) is 23.9 Å². The van der Waals surface area contributed by atoms with Crippen LogP contribution in [0.2, 0.25) is 0 Å². The molecular weight excluding hydrogens is 377 g/mol. The van der Waals surface area contributed by atoms with Gasteiger partial charge in [0.2, 0.25) is 5.91 Å². The number of nitro benzene ring substituents is 1. The second-order valence-electron chi connectivity index (χ2n) is 6.07. The zero-order valence-electron chi connectivity index (χ0n) is 14.4. The number of imidazole rings is 1. The van der Waals surface area contributed by atoms with Crippen LogP contribution in [0, 0.1) is 10.1 Å². The first-order valence-corrected chi connectivity index (χ1v) is 8.27. The summed E-state index contributed by atoms with van der Waals surface area (Å²) < 4.78 is 39.5. The number of para-hydroxylation sites is 1. The van der Waals surface area contributed by atoms with Crippen molar-refractivity contribution in [1.82, 2.24) is 14.9 Å². The van der Waals surface area contributed by atoms with Crippen molar-refractivity contribution in [3.05, 3.63) is 70.0 Å². The number of alkyl halides is 3. The molecular formula is C18H15F3N4O3. The number of hydrogen-bond donors (Lipinski definition) is 1. The number of aromatic nitrogens is 2. The Morgan fingerprint density at radius 2 is 1.96 bits per heavy atom. The van der Waals surface area contributed by atoms with Gasteiger partial charge >= 0.3 is 6.18 Å². The highest BCUT2D eigenvalue weighted by atomic mass is 19.4. The number of carbonyl (C=O) groups excluding carboxylic acids is 1. The van der Waals surface area contributed by atoms with Gasteiger partial charge in [-0.05, 0) is 24.1 Å². The summed E-state index contributed by atoms with van der Waals surface area (Å²) in [6.45, 7) is -0.0567. The smallest absolute Gasteiger partial charge is 0.354 e. The molecule has 28 heavy (non-hydrogen) atoms. The Labute approximate surface area is 156 Å². The molecule has 0 bridgehead atoms. The lowest BCUT2D eigenvalue weighted by molar-refractivity contribution is -0.383. The minimum Gasteiger partial charge on any atom is -0.354 e. The third kappa shape index (κ3) is 4.27. The third-order valence-electron chi connectivity index (χ3n) is 4.12. The van der Waals surface area contributed by atoms with Gasteiger partial charge in [-0.15, -0.1) is 0 Å². The maximum Gasteiger partial charge on any atom is 0.416 e. The molecule has 1 amide bonds. The molecule has 0 fully saturated rings. The van der Waals surface area contributed by atoms with Crippen LogP contribution in [0.25, 0.3) is 11.0 Å². The molecule has 146 valence electrons. The van der Waals surface area contributed by atoms with Crippen molar-refractivity contribution < 1.29 is 22.9 Å². The van der Waals surface area contributed by atoms with Gasteiger partial charge in [-0.2, -0.15) is 13.2 Å². The normalized spacial score (nSPS) is 11.5. The van der Waals surface area contributed by atoms with Crippen molar-refractivity contribution >= 4 is 22.6 Å². The summed E-state index contributed by atoms with van der Waals surface area (Å²) in [6.07, 6.45) is -2.86. The Bertz CT molecular complexity index is 1030. The van der Waals surface area contributed by atoms with Crippen molar-refractivity contribution in [3.8, 4) is 0 Å². The van der Waals surface area contributed by atoms with Crippen molar-refractivity contribution in [2.45, 2.75) is 19.1 Å². The molecule has 1 N–H and O–H groups in total. The molecule has 3 rings (SSSR count). The van der Waals surface area contributed by atoms with Gasteiger partial charge in [0.15, 0.2) is 0 Å². The molecule has 3 aromatic rings. The number of non-ortho nitro benzene ring substituents is 1. The van der Waals surface area contributed by atoms with Crippen LogP contribution in [0.1, 0.15) is 11.1 Å². The molecule has 10 heteroatoms. The minimum absolute atomic E-state index is 0.134. The van der Waals surface area contributed by atoms with E-state index < -0.39 is 22.6 Å². The van der Waals surface area contributed by atoms with Gasteiger partial charge < -0.3 is 9.88 Å². The van der Waals surface area contributed by atoms with Gasteiger partial charge in [0.05, 0.1) is 22.3 Å². The van der Waals surface area contributed by atoms with E-state index in [0.29, 0.717) is 11.1 Å². The molecule has 0 aliphatic carbocycles. The number of amides is 1. The summed E-state index contributed by atoms with van der Waals surface area (Å²) in [4.78, 5) is 26.8. The average molecular weight is 392 g/mol. The second-order valence-corrected chi connectivity index (χ2v) is 6.07. The number of nitrogens with zero attached hydrogens (tertiary/aromatic N) is 3. The summed E-state index contributed by atoms with van der Waals surface area (Å²) in [6, 6.07) is 9.33. The number of benzene rings is 2. The van der Waals surface area contributed by atoms with Crippen LogP contribution in [0.15, 0.2) is 48.8 Å².